The summed E-state index contributed by atoms with van der Waals surface area (Å²) in [6.45, 7) is 0.873. The Bertz CT molecular complexity index is 1360. The van der Waals surface area contributed by atoms with Crippen LogP contribution in [0.3, 0.4) is 0 Å². The number of methoxy groups -OCH3 is 1. The lowest BCUT2D eigenvalue weighted by atomic mass is 9.98. The minimum absolute atomic E-state index is 0.0107. The maximum absolute atomic E-state index is 13.2. The Kier molecular flexibility index (Phi) is 9.36. The first kappa shape index (κ1) is 29.3. The monoisotopic (exact) mass is 560 g/mol. The molecule has 0 fully saturated rings. The summed E-state index contributed by atoms with van der Waals surface area (Å²) in [7, 11) is 1.29. The molecule has 1 aliphatic rings. The molecule has 0 saturated carbocycles. The molecule has 41 heavy (non-hydrogen) atoms. The molecule has 10 heteroatoms. The van der Waals surface area contributed by atoms with Crippen LogP contribution >= 0.6 is 0 Å². The van der Waals surface area contributed by atoms with Gasteiger partial charge in [0.05, 0.1) is 13.0 Å². The van der Waals surface area contributed by atoms with Gasteiger partial charge in [0.1, 0.15) is 19.3 Å². The third kappa shape index (κ3) is 7.09. The fourth-order valence-corrected chi connectivity index (χ4v) is 4.75. The van der Waals surface area contributed by atoms with Crippen molar-refractivity contribution in [3.8, 4) is 11.1 Å². The summed E-state index contributed by atoms with van der Waals surface area (Å²) < 4.78 is 15.8. The Hall–Kier alpha value is -4.70. The number of amides is 2. The van der Waals surface area contributed by atoms with Crippen LogP contribution in [0.5, 0.6) is 0 Å². The van der Waals surface area contributed by atoms with Crippen LogP contribution in [-0.4, -0.2) is 60.9 Å². The van der Waals surface area contributed by atoms with Gasteiger partial charge in [-0.25, -0.2) is 9.59 Å². The van der Waals surface area contributed by atoms with E-state index in [0.717, 1.165) is 27.8 Å². The number of carbonyl (C=O) groups is 4. The molecule has 10 nitrogen and oxygen atoms in total. The molecule has 2 atom stereocenters. The average Bonchev–Trinajstić information content (AvgIpc) is 3.29. The van der Waals surface area contributed by atoms with Crippen molar-refractivity contribution in [2.75, 3.05) is 20.3 Å². The van der Waals surface area contributed by atoms with Gasteiger partial charge in [0.25, 0.3) is 0 Å². The second-order valence-corrected chi connectivity index (χ2v) is 9.93. The molecule has 3 aromatic carbocycles. The Labute approximate surface area is 237 Å². The van der Waals surface area contributed by atoms with Crippen LogP contribution in [0.2, 0.25) is 0 Å². The molecule has 0 bridgehead atoms. The first-order valence-corrected chi connectivity index (χ1v) is 13.1. The molecule has 2 amide bonds. The topological polar surface area (TPSA) is 140 Å². The number of carbonyl (C=O) groups excluding carboxylic acids is 3. The van der Waals surface area contributed by atoms with E-state index in [1.807, 2.05) is 54.6 Å². The third-order valence-electron chi connectivity index (χ3n) is 6.87. The van der Waals surface area contributed by atoms with Crippen molar-refractivity contribution >= 4 is 23.9 Å². The summed E-state index contributed by atoms with van der Waals surface area (Å²) >= 11 is 0. The van der Waals surface area contributed by atoms with E-state index in [2.05, 4.69) is 10.6 Å². The van der Waals surface area contributed by atoms with Gasteiger partial charge in [-0.1, -0.05) is 78.9 Å². The summed E-state index contributed by atoms with van der Waals surface area (Å²) in [6.07, 6.45) is -1.49. The summed E-state index contributed by atoms with van der Waals surface area (Å²) in [5, 5.41) is 14.4. The fourth-order valence-electron chi connectivity index (χ4n) is 4.75. The number of aliphatic carboxylic acids is 1. The van der Waals surface area contributed by atoms with E-state index >= 15 is 0 Å². The molecule has 1 unspecified atom stereocenters. The molecule has 3 aromatic rings. The van der Waals surface area contributed by atoms with E-state index in [-0.39, 0.29) is 25.7 Å². The molecule has 0 saturated heterocycles. The Balaban J connectivity index is 1.45. The SMILES string of the molecule is COCC(C)(NC(=O)[C@H](CC(=O)OCc1ccccc1)NC(=O)OCC1c2ccccc2-c2ccccc21)C(=O)O. The number of carboxylic acid groups (broad SMARTS) is 1. The van der Waals surface area contributed by atoms with Crippen LogP contribution in [0.25, 0.3) is 11.1 Å². The van der Waals surface area contributed by atoms with Crippen molar-refractivity contribution in [3.05, 3.63) is 95.6 Å². The number of ether oxygens (including phenoxy) is 3. The highest BCUT2D eigenvalue weighted by atomic mass is 16.6. The lowest BCUT2D eigenvalue weighted by molar-refractivity contribution is -0.150. The predicted octanol–water partition coefficient (Wildman–Crippen LogP) is 3.63. The molecular formula is C31H32N2O8. The van der Waals surface area contributed by atoms with Crippen molar-refractivity contribution in [2.24, 2.45) is 0 Å². The van der Waals surface area contributed by atoms with Crippen LogP contribution in [-0.2, 0) is 35.2 Å². The van der Waals surface area contributed by atoms with Crippen LogP contribution in [0.15, 0.2) is 78.9 Å². The van der Waals surface area contributed by atoms with Gasteiger partial charge in [-0.2, -0.15) is 0 Å². The zero-order chi connectivity index (χ0) is 29.4. The van der Waals surface area contributed by atoms with E-state index in [0.29, 0.717) is 0 Å². The Morgan fingerprint density at radius 1 is 0.878 bits per heavy atom. The zero-order valence-corrected chi connectivity index (χ0v) is 22.8. The second-order valence-electron chi connectivity index (χ2n) is 9.93. The van der Waals surface area contributed by atoms with Crippen molar-refractivity contribution in [1.82, 2.24) is 10.6 Å². The summed E-state index contributed by atoms with van der Waals surface area (Å²) in [5.41, 5.74) is 3.07. The largest absolute Gasteiger partial charge is 0.479 e. The molecule has 0 spiro atoms. The van der Waals surface area contributed by atoms with E-state index in [1.54, 1.807) is 24.3 Å². The summed E-state index contributed by atoms with van der Waals surface area (Å²) in [5.74, 6) is -3.23. The van der Waals surface area contributed by atoms with Crippen LogP contribution in [0.4, 0.5) is 4.79 Å². The Morgan fingerprint density at radius 3 is 2.05 bits per heavy atom. The number of fused-ring (bicyclic) bond motifs is 3. The molecule has 1 aliphatic carbocycles. The highest BCUT2D eigenvalue weighted by Gasteiger charge is 2.38. The van der Waals surface area contributed by atoms with Crippen LogP contribution in [0.1, 0.15) is 36.0 Å². The van der Waals surface area contributed by atoms with E-state index in [4.69, 9.17) is 14.2 Å². The molecule has 214 valence electrons. The first-order chi connectivity index (χ1) is 19.7. The van der Waals surface area contributed by atoms with Gasteiger partial charge in [-0.05, 0) is 34.7 Å². The number of benzene rings is 3. The number of rotatable bonds is 12. The number of hydrogen-bond acceptors (Lipinski definition) is 7. The highest BCUT2D eigenvalue weighted by molar-refractivity contribution is 5.93. The van der Waals surface area contributed by atoms with Gasteiger partial charge in [-0.15, -0.1) is 0 Å². The number of nitrogens with one attached hydrogen (secondary N) is 2. The molecule has 0 aliphatic heterocycles. The lowest BCUT2D eigenvalue weighted by Gasteiger charge is -2.28. The highest BCUT2D eigenvalue weighted by Crippen LogP contribution is 2.44. The standard InChI is InChI=1S/C31H32N2O8/c1-31(19-39-2,29(36)37)33-28(35)26(16-27(34)40-17-20-10-4-3-5-11-20)32-30(38)41-18-25-23-14-8-6-12-21(23)22-13-7-9-15-24(22)25/h3-15,25-26H,16-19H2,1-2H3,(H,32,38)(H,33,35)(H,36,37)/t26-,31?/m0/s1. The van der Waals surface area contributed by atoms with Crippen molar-refractivity contribution in [3.63, 3.8) is 0 Å². The Morgan fingerprint density at radius 2 is 1.46 bits per heavy atom. The maximum Gasteiger partial charge on any atom is 0.407 e. The normalized spacial score (nSPS) is 14.1. The van der Waals surface area contributed by atoms with Gasteiger partial charge >= 0.3 is 18.0 Å². The van der Waals surface area contributed by atoms with Gasteiger partial charge in [0.2, 0.25) is 5.91 Å². The van der Waals surface area contributed by atoms with Gasteiger partial charge in [0, 0.05) is 13.0 Å². The number of carboxylic acids is 1. The van der Waals surface area contributed by atoms with E-state index in [1.165, 1.54) is 14.0 Å². The third-order valence-corrected chi connectivity index (χ3v) is 6.87. The van der Waals surface area contributed by atoms with E-state index < -0.39 is 41.9 Å². The molecule has 0 heterocycles. The number of esters is 1. The quantitative estimate of drug-likeness (QED) is 0.285. The average molecular weight is 561 g/mol. The number of hydrogen-bond donors (Lipinski definition) is 3. The number of alkyl carbamates (subject to hydrolysis) is 1. The molecule has 3 N–H and O–H groups in total. The summed E-state index contributed by atoms with van der Waals surface area (Å²) in [6, 6.07) is 23.2. The first-order valence-electron chi connectivity index (χ1n) is 13.1. The maximum atomic E-state index is 13.2. The summed E-state index contributed by atoms with van der Waals surface area (Å²) in [4.78, 5) is 50.6. The molecule has 0 aromatic heterocycles. The van der Waals surface area contributed by atoms with Gasteiger partial charge < -0.3 is 30.0 Å². The predicted molar refractivity (Wildman–Crippen MR) is 149 cm³/mol. The smallest absolute Gasteiger partial charge is 0.407 e. The van der Waals surface area contributed by atoms with Gasteiger partial charge in [-0.3, -0.25) is 9.59 Å². The molecule has 4 rings (SSSR count). The van der Waals surface area contributed by atoms with Gasteiger partial charge in [0.15, 0.2) is 5.54 Å². The zero-order valence-electron chi connectivity index (χ0n) is 22.8. The van der Waals surface area contributed by atoms with Crippen LogP contribution in [0, 0.1) is 0 Å². The van der Waals surface area contributed by atoms with E-state index in [9.17, 15) is 24.3 Å². The van der Waals surface area contributed by atoms with Crippen molar-refractivity contribution < 1.29 is 38.5 Å². The second kappa shape index (κ2) is 13.1. The van der Waals surface area contributed by atoms with Crippen molar-refractivity contribution in [2.45, 2.75) is 37.5 Å². The molecular weight excluding hydrogens is 528 g/mol. The van der Waals surface area contributed by atoms with Crippen LogP contribution < -0.4 is 10.6 Å². The lowest BCUT2D eigenvalue weighted by Crippen LogP contribution is -2.60. The molecule has 0 radical (unpaired) electrons. The van der Waals surface area contributed by atoms with Crippen molar-refractivity contribution in [1.29, 1.82) is 0 Å². The fraction of sp³-hybridized carbons (Fsp3) is 0.290. The minimum Gasteiger partial charge on any atom is -0.479 e. The minimum atomic E-state index is -1.80.